The lowest BCUT2D eigenvalue weighted by Crippen LogP contribution is -2.36. The molecule has 118 valence electrons. The van der Waals surface area contributed by atoms with Gasteiger partial charge in [0.25, 0.3) is 0 Å². The number of pyridine rings is 1. The van der Waals surface area contributed by atoms with Crippen LogP contribution in [0, 0.1) is 0 Å². The Morgan fingerprint density at radius 2 is 2.00 bits per heavy atom. The van der Waals surface area contributed by atoms with Crippen LogP contribution in [0.4, 0.5) is 5.82 Å². The van der Waals surface area contributed by atoms with Crippen LogP contribution in [0.5, 0.6) is 0 Å². The average molecular weight is 292 g/mol. The largest absolute Gasteiger partial charge is 0.370 e. The van der Waals surface area contributed by atoms with Crippen LogP contribution in [0.3, 0.4) is 0 Å². The third kappa shape index (κ3) is 6.58. The van der Waals surface area contributed by atoms with E-state index in [9.17, 15) is 4.79 Å². The van der Waals surface area contributed by atoms with E-state index in [-0.39, 0.29) is 5.91 Å². The summed E-state index contributed by atoms with van der Waals surface area (Å²) in [5.74, 6) is 1.04. The molecular formula is C16H28N4O. The first-order valence-electron chi connectivity index (χ1n) is 7.69. The van der Waals surface area contributed by atoms with Gasteiger partial charge in [0.05, 0.1) is 12.2 Å². The fourth-order valence-corrected chi connectivity index (χ4v) is 2.01. The molecule has 1 heterocycles. The van der Waals surface area contributed by atoms with Gasteiger partial charge in [-0.2, -0.15) is 0 Å². The van der Waals surface area contributed by atoms with Gasteiger partial charge in [0, 0.05) is 27.2 Å². The van der Waals surface area contributed by atoms with E-state index in [1.807, 2.05) is 18.2 Å². The van der Waals surface area contributed by atoms with E-state index in [1.54, 1.807) is 19.0 Å². The molecule has 0 bridgehead atoms. The number of amides is 1. The van der Waals surface area contributed by atoms with Crippen molar-refractivity contribution in [2.24, 2.45) is 0 Å². The lowest BCUT2D eigenvalue weighted by molar-refractivity contribution is -0.130. The number of aromatic nitrogens is 1. The minimum atomic E-state index is 0.128. The van der Waals surface area contributed by atoms with Crippen LogP contribution in [0.15, 0.2) is 18.2 Å². The molecule has 0 aromatic carbocycles. The molecule has 0 saturated carbocycles. The first-order valence-corrected chi connectivity index (χ1v) is 7.69. The summed E-state index contributed by atoms with van der Waals surface area (Å²) in [5.41, 5.74) is 0.996. The van der Waals surface area contributed by atoms with E-state index in [1.165, 1.54) is 0 Å². The molecule has 1 rings (SSSR count). The van der Waals surface area contributed by atoms with Crippen molar-refractivity contribution in [2.45, 2.75) is 33.2 Å². The predicted molar refractivity (Wildman–Crippen MR) is 87.3 cm³/mol. The Morgan fingerprint density at radius 3 is 2.62 bits per heavy atom. The van der Waals surface area contributed by atoms with Gasteiger partial charge in [-0.05, 0) is 31.5 Å². The Labute approximate surface area is 128 Å². The van der Waals surface area contributed by atoms with Crippen LogP contribution >= 0.6 is 0 Å². The Kier molecular flexibility index (Phi) is 7.75. The van der Waals surface area contributed by atoms with Crippen molar-refractivity contribution in [2.75, 3.05) is 39.0 Å². The van der Waals surface area contributed by atoms with E-state index < -0.39 is 0 Å². The summed E-state index contributed by atoms with van der Waals surface area (Å²) in [6.07, 6.45) is 2.10. The molecule has 0 saturated heterocycles. The topological polar surface area (TPSA) is 48.5 Å². The van der Waals surface area contributed by atoms with Gasteiger partial charge in [-0.15, -0.1) is 0 Å². The molecule has 5 heteroatoms. The highest BCUT2D eigenvalue weighted by Crippen LogP contribution is 2.08. The number of hydrogen-bond acceptors (Lipinski definition) is 4. The summed E-state index contributed by atoms with van der Waals surface area (Å²) in [7, 11) is 3.58. The van der Waals surface area contributed by atoms with Gasteiger partial charge in [0.2, 0.25) is 5.91 Å². The second kappa shape index (κ2) is 9.34. The van der Waals surface area contributed by atoms with E-state index in [0.29, 0.717) is 13.1 Å². The maximum Gasteiger partial charge on any atom is 0.236 e. The number of carbonyl (C=O) groups excluding carboxylic acids is 1. The average Bonchev–Trinajstić information content (AvgIpc) is 2.45. The summed E-state index contributed by atoms with van der Waals surface area (Å²) >= 11 is 0. The Balaban J connectivity index is 2.67. The molecule has 0 fully saturated rings. The first kappa shape index (κ1) is 17.4. The summed E-state index contributed by atoms with van der Waals surface area (Å²) in [5, 5.41) is 3.29. The standard InChI is InChI=1S/C16H28N4O/c1-5-10-17-15-9-7-8-14(18-15)12-20(11-6-2)13-16(21)19(3)4/h7-9H,5-6,10-13H2,1-4H3,(H,17,18). The molecule has 0 atom stereocenters. The number of carbonyl (C=O) groups is 1. The Morgan fingerprint density at radius 1 is 1.24 bits per heavy atom. The van der Waals surface area contributed by atoms with Crippen LogP contribution in [0.25, 0.3) is 0 Å². The number of nitrogens with zero attached hydrogens (tertiary/aromatic N) is 3. The first-order chi connectivity index (χ1) is 10.1. The van der Waals surface area contributed by atoms with E-state index in [4.69, 9.17) is 0 Å². The lowest BCUT2D eigenvalue weighted by Gasteiger charge is -2.22. The molecule has 1 N–H and O–H groups in total. The molecule has 0 spiro atoms. The normalized spacial score (nSPS) is 10.7. The van der Waals surface area contributed by atoms with Gasteiger partial charge in [0.15, 0.2) is 0 Å². The summed E-state index contributed by atoms with van der Waals surface area (Å²) in [4.78, 5) is 20.3. The molecule has 0 aliphatic carbocycles. The zero-order valence-corrected chi connectivity index (χ0v) is 13.7. The molecule has 1 aromatic rings. The van der Waals surface area contributed by atoms with Crippen molar-refractivity contribution >= 4 is 11.7 Å². The second-order valence-corrected chi connectivity index (χ2v) is 5.44. The fourth-order valence-electron chi connectivity index (χ4n) is 2.01. The summed E-state index contributed by atoms with van der Waals surface area (Å²) in [6, 6.07) is 6.01. The minimum absolute atomic E-state index is 0.128. The van der Waals surface area contributed by atoms with Gasteiger partial charge in [0.1, 0.15) is 5.82 Å². The van der Waals surface area contributed by atoms with Gasteiger partial charge < -0.3 is 10.2 Å². The lowest BCUT2D eigenvalue weighted by atomic mass is 10.3. The molecule has 21 heavy (non-hydrogen) atoms. The van der Waals surface area contributed by atoms with Crippen LogP contribution in [-0.2, 0) is 11.3 Å². The Bertz CT molecular complexity index is 434. The van der Waals surface area contributed by atoms with Crippen molar-refractivity contribution < 1.29 is 4.79 Å². The van der Waals surface area contributed by atoms with Crippen molar-refractivity contribution in [1.82, 2.24) is 14.8 Å². The number of rotatable bonds is 9. The predicted octanol–water partition coefficient (Wildman–Crippen LogP) is 2.20. The van der Waals surface area contributed by atoms with E-state index in [2.05, 4.69) is 29.0 Å². The molecule has 5 nitrogen and oxygen atoms in total. The molecule has 0 unspecified atom stereocenters. The van der Waals surface area contributed by atoms with Crippen LogP contribution in [0.2, 0.25) is 0 Å². The molecule has 1 amide bonds. The van der Waals surface area contributed by atoms with E-state index >= 15 is 0 Å². The molecule has 0 aliphatic rings. The number of likely N-dealkylation sites (N-methyl/N-ethyl adjacent to an activating group) is 1. The fraction of sp³-hybridized carbons (Fsp3) is 0.625. The second-order valence-electron chi connectivity index (χ2n) is 5.44. The third-order valence-corrected chi connectivity index (χ3v) is 3.15. The molecule has 0 radical (unpaired) electrons. The van der Waals surface area contributed by atoms with Gasteiger partial charge in [-0.3, -0.25) is 9.69 Å². The van der Waals surface area contributed by atoms with E-state index in [0.717, 1.165) is 37.4 Å². The number of hydrogen-bond donors (Lipinski definition) is 1. The van der Waals surface area contributed by atoms with Crippen LogP contribution in [0.1, 0.15) is 32.4 Å². The maximum atomic E-state index is 11.9. The Hall–Kier alpha value is -1.62. The van der Waals surface area contributed by atoms with Gasteiger partial charge in [-0.25, -0.2) is 4.98 Å². The number of nitrogens with one attached hydrogen (secondary N) is 1. The van der Waals surface area contributed by atoms with Crippen molar-refractivity contribution in [3.63, 3.8) is 0 Å². The van der Waals surface area contributed by atoms with Gasteiger partial charge in [-0.1, -0.05) is 19.9 Å². The summed E-state index contributed by atoms with van der Waals surface area (Å²) in [6.45, 7) is 7.22. The SMILES string of the molecule is CCCNc1cccc(CN(CCC)CC(=O)N(C)C)n1. The van der Waals surface area contributed by atoms with Gasteiger partial charge >= 0.3 is 0 Å². The monoisotopic (exact) mass is 292 g/mol. The highest BCUT2D eigenvalue weighted by atomic mass is 16.2. The zero-order chi connectivity index (χ0) is 15.7. The smallest absolute Gasteiger partial charge is 0.236 e. The molecule has 1 aromatic heterocycles. The quantitative estimate of drug-likeness (QED) is 0.758. The van der Waals surface area contributed by atoms with Crippen molar-refractivity contribution in [1.29, 1.82) is 0 Å². The maximum absolute atomic E-state index is 11.9. The minimum Gasteiger partial charge on any atom is -0.370 e. The van der Waals surface area contributed by atoms with Crippen molar-refractivity contribution in [3.05, 3.63) is 23.9 Å². The molecular weight excluding hydrogens is 264 g/mol. The summed E-state index contributed by atoms with van der Waals surface area (Å²) < 4.78 is 0. The third-order valence-electron chi connectivity index (χ3n) is 3.15. The van der Waals surface area contributed by atoms with Crippen LogP contribution in [-0.4, -0.2) is 54.4 Å². The number of anilines is 1. The zero-order valence-electron chi connectivity index (χ0n) is 13.7. The highest BCUT2D eigenvalue weighted by molar-refractivity contribution is 5.77. The van der Waals surface area contributed by atoms with Crippen LogP contribution < -0.4 is 5.32 Å². The highest BCUT2D eigenvalue weighted by Gasteiger charge is 2.12. The van der Waals surface area contributed by atoms with Crippen molar-refractivity contribution in [3.8, 4) is 0 Å². The molecule has 0 aliphatic heterocycles.